The summed E-state index contributed by atoms with van der Waals surface area (Å²) in [5, 5.41) is 17.8. The molecule has 1 aromatic heterocycles. The first-order valence-corrected chi connectivity index (χ1v) is 11.5. The molecule has 0 unspecified atom stereocenters. The van der Waals surface area contributed by atoms with E-state index in [2.05, 4.69) is 15.2 Å². The number of aliphatic hydroxyl groups excluding tert-OH is 1. The zero-order valence-electron chi connectivity index (χ0n) is 20.2. The van der Waals surface area contributed by atoms with Gasteiger partial charge in [-0.15, -0.1) is 5.10 Å². The Morgan fingerprint density at radius 1 is 1.38 bits per heavy atom. The third-order valence-electron chi connectivity index (χ3n) is 6.02. The van der Waals surface area contributed by atoms with E-state index < -0.39 is 0 Å². The van der Waals surface area contributed by atoms with Crippen LogP contribution in [0.3, 0.4) is 0 Å². The lowest BCUT2D eigenvalue weighted by Gasteiger charge is -2.35. The summed E-state index contributed by atoms with van der Waals surface area (Å²) in [7, 11) is 5.79. The molecule has 2 amide bonds. The van der Waals surface area contributed by atoms with E-state index in [1.807, 2.05) is 27.9 Å². The minimum Gasteiger partial charge on any atom is -0.394 e. The number of fused-ring (bicyclic) bond motifs is 1. The van der Waals surface area contributed by atoms with Crippen molar-refractivity contribution < 1.29 is 19.4 Å². The van der Waals surface area contributed by atoms with Gasteiger partial charge in [0.1, 0.15) is 0 Å². The van der Waals surface area contributed by atoms with Crippen molar-refractivity contribution in [2.75, 3.05) is 47.4 Å². The topological polar surface area (TPSA) is 104 Å². The summed E-state index contributed by atoms with van der Waals surface area (Å²) >= 11 is 0. The number of hydrogen-bond acceptors (Lipinski definition) is 7. The van der Waals surface area contributed by atoms with Gasteiger partial charge in [-0.3, -0.25) is 9.59 Å². The molecular weight excluding hydrogens is 412 g/mol. The molecule has 0 fully saturated rings. The lowest BCUT2D eigenvalue weighted by atomic mass is 10.0. The molecule has 2 rings (SSSR count). The normalized spacial score (nSPS) is 21.6. The Balaban J connectivity index is 2.15. The third kappa shape index (κ3) is 7.83. The molecule has 182 valence electrons. The van der Waals surface area contributed by atoms with Crippen LogP contribution in [0.1, 0.15) is 45.2 Å². The van der Waals surface area contributed by atoms with E-state index in [0.717, 1.165) is 18.7 Å². The Hall–Kier alpha value is -2.04. The van der Waals surface area contributed by atoms with Gasteiger partial charge in [0.25, 0.3) is 0 Å². The highest BCUT2D eigenvalue weighted by atomic mass is 16.5. The van der Waals surface area contributed by atoms with Crippen molar-refractivity contribution >= 4 is 11.8 Å². The number of hydrogen-bond donors (Lipinski definition) is 1. The number of carbonyl (C=O) groups excluding carboxylic acids is 2. The molecule has 0 saturated carbocycles. The highest BCUT2D eigenvalue weighted by molar-refractivity contribution is 5.76. The van der Waals surface area contributed by atoms with Crippen LogP contribution in [-0.2, 0) is 27.5 Å². The maximum absolute atomic E-state index is 12.9. The van der Waals surface area contributed by atoms with Crippen LogP contribution >= 0.6 is 0 Å². The first kappa shape index (κ1) is 26.2. The second-order valence-electron chi connectivity index (χ2n) is 9.14. The molecule has 0 spiro atoms. The van der Waals surface area contributed by atoms with E-state index in [9.17, 15) is 14.7 Å². The zero-order valence-corrected chi connectivity index (χ0v) is 20.2. The molecule has 10 nitrogen and oxygen atoms in total. The van der Waals surface area contributed by atoms with Gasteiger partial charge >= 0.3 is 0 Å². The molecule has 2 heterocycles. The van der Waals surface area contributed by atoms with Gasteiger partial charge in [0.05, 0.1) is 37.3 Å². The predicted octanol–water partition coefficient (Wildman–Crippen LogP) is 0.603. The van der Waals surface area contributed by atoms with Crippen LogP contribution in [0.2, 0.25) is 0 Å². The summed E-state index contributed by atoms with van der Waals surface area (Å²) in [6.07, 6.45) is 3.72. The average molecular weight is 453 g/mol. The second-order valence-corrected chi connectivity index (χ2v) is 9.14. The summed E-state index contributed by atoms with van der Waals surface area (Å²) in [6, 6.07) is -0.277. The van der Waals surface area contributed by atoms with Crippen LogP contribution in [0.5, 0.6) is 0 Å². The van der Waals surface area contributed by atoms with Gasteiger partial charge < -0.3 is 24.5 Å². The number of ether oxygens (including phenoxy) is 1. The van der Waals surface area contributed by atoms with E-state index in [1.165, 1.54) is 0 Å². The van der Waals surface area contributed by atoms with E-state index in [-0.39, 0.29) is 36.5 Å². The van der Waals surface area contributed by atoms with Gasteiger partial charge in [0.15, 0.2) is 0 Å². The summed E-state index contributed by atoms with van der Waals surface area (Å²) in [6.45, 7) is 6.46. The number of likely N-dealkylation sites (N-methyl/N-ethyl adjacent to an activating group) is 1. The first-order chi connectivity index (χ1) is 15.2. The van der Waals surface area contributed by atoms with Gasteiger partial charge in [-0.05, 0) is 40.4 Å². The molecule has 1 N–H and O–H groups in total. The van der Waals surface area contributed by atoms with Gasteiger partial charge in [-0.2, -0.15) is 0 Å². The van der Waals surface area contributed by atoms with Crippen molar-refractivity contribution in [2.45, 2.75) is 64.8 Å². The molecular formula is C22H40N6O4. The summed E-state index contributed by atoms with van der Waals surface area (Å²) in [4.78, 5) is 31.1. The Labute approximate surface area is 191 Å². The third-order valence-corrected chi connectivity index (χ3v) is 6.02. The Kier molecular flexibility index (Phi) is 10.5. The fourth-order valence-corrected chi connectivity index (χ4v) is 3.86. The summed E-state index contributed by atoms with van der Waals surface area (Å²) in [5.74, 6) is 0.0540. The van der Waals surface area contributed by atoms with Crippen LogP contribution in [0.4, 0.5) is 0 Å². The SMILES string of the molecule is C[C@@H]1CN([C@@H](C)CO)C(=O)CCCn2nncc2CO[C@@H]1CN(C)C(=O)CCCN(C)C. The summed E-state index contributed by atoms with van der Waals surface area (Å²) < 4.78 is 8.04. The molecule has 0 radical (unpaired) electrons. The molecule has 1 aliphatic rings. The van der Waals surface area contributed by atoms with Crippen molar-refractivity contribution in [3.8, 4) is 0 Å². The summed E-state index contributed by atoms with van der Waals surface area (Å²) in [5.41, 5.74) is 0.857. The van der Waals surface area contributed by atoms with Crippen molar-refractivity contribution in [1.29, 1.82) is 0 Å². The predicted molar refractivity (Wildman–Crippen MR) is 121 cm³/mol. The molecule has 1 aromatic rings. The lowest BCUT2D eigenvalue weighted by Crippen LogP contribution is -2.48. The Bertz CT molecular complexity index is 725. The van der Waals surface area contributed by atoms with Crippen LogP contribution in [-0.4, -0.2) is 106 Å². The quantitative estimate of drug-likeness (QED) is 0.616. The van der Waals surface area contributed by atoms with Gasteiger partial charge in [0.2, 0.25) is 11.8 Å². The van der Waals surface area contributed by atoms with Crippen LogP contribution in [0, 0.1) is 5.92 Å². The smallest absolute Gasteiger partial charge is 0.222 e. The number of aromatic nitrogens is 3. The van der Waals surface area contributed by atoms with Crippen LogP contribution < -0.4 is 0 Å². The molecule has 0 aliphatic carbocycles. The number of nitrogens with zero attached hydrogens (tertiary/aromatic N) is 6. The van der Waals surface area contributed by atoms with Gasteiger partial charge in [-0.1, -0.05) is 12.1 Å². The highest BCUT2D eigenvalue weighted by Crippen LogP contribution is 2.18. The van der Waals surface area contributed by atoms with Crippen molar-refractivity contribution in [1.82, 2.24) is 29.7 Å². The molecule has 0 bridgehead atoms. The zero-order chi connectivity index (χ0) is 23.7. The first-order valence-electron chi connectivity index (χ1n) is 11.5. The molecule has 0 saturated heterocycles. The molecule has 0 aromatic carbocycles. The Morgan fingerprint density at radius 2 is 2.12 bits per heavy atom. The van der Waals surface area contributed by atoms with E-state index in [0.29, 0.717) is 45.5 Å². The number of aryl methyl sites for hydroxylation is 1. The fraction of sp³-hybridized carbons (Fsp3) is 0.818. The van der Waals surface area contributed by atoms with Crippen molar-refractivity contribution in [2.24, 2.45) is 5.92 Å². The second kappa shape index (κ2) is 12.9. The number of amides is 2. The van der Waals surface area contributed by atoms with E-state index >= 15 is 0 Å². The monoisotopic (exact) mass is 452 g/mol. The average Bonchev–Trinajstić information content (AvgIpc) is 3.19. The standard InChI is InChI=1S/C22H40N6O4/c1-17-13-27(18(2)15-29)22(31)9-7-11-28-19(12-23-24-28)16-32-20(17)14-26(5)21(30)8-6-10-25(3)4/h12,17-18,20,29H,6-11,13-16H2,1-5H3/t17-,18+,20-/m1/s1. The van der Waals surface area contributed by atoms with Crippen molar-refractivity contribution in [3.05, 3.63) is 11.9 Å². The minimum absolute atomic E-state index is 0.00695. The van der Waals surface area contributed by atoms with E-state index in [1.54, 1.807) is 27.7 Å². The molecule has 10 heteroatoms. The van der Waals surface area contributed by atoms with Crippen LogP contribution in [0.25, 0.3) is 0 Å². The van der Waals surface area contributed by atoms with Crippen LogP contribution in [0.15, 0.2) is 6.20 Å². The number of rotatable bonds is 8. The largest absolute Gasteiger partial charge is 0.394 e. The number of carbonyl (C=O) groups is 2. The van der Waals surface area contributed by atoms with Gasteiger partial charge in [-0.25, -0.2) is 4.68 Å². The highest BCUT2D eigenvalue weighted by Gasteiger charge is 2.29. The van der Waals surface area contributed by atoms with E-state index in [4.69, 9.17) is 4.74 Å². The maximum atomic E-state index is 12.9. The fourth-order valence-electron chi connectivity index (χ4n) is 3.86. The van der Waals surface area contributed by atoms with Gasteiger partial charge in [0, 0.05) is 45.4 Å². The maximum Gasteiger partial charge on any atom is 0.222 e. The Morgan fingerprint density at radius 3 is 2.81 bits per heavy atom. The van der Waals surface area contributed by atoms with Crippen molar-refractivity contribution in [3.63, 3.8) is 0 Å². The minimum atomic E-state index is -0.277. The molecule has 32 heavy (non-hydrogen) atoms. The molecule has 1 aliphatic heterocycles. The molecule has 3 atom stereocenters. The number of aliphatic hydroxyl groups is 1. The lowest BCUT2D eigenvalue weighted by molar-refractivity contribution is -0.138.